The van der Waals surface area contributed by atoms with Crippen LogP contribution in [0.5, 0.6) is 5.75 Å². The molecule has 26 heavy (non-hydrogen) atoms. The molecular weight excluding hydrogens is 350 g/mol. The van der Waals surface area contributed by atoms with Crippen LogP contribution in [0.1, 0.15) is 56.9 Å². The number of hydrogen-bond donors (Lipinski definition) is 1. The van der Waals surface area contributed by atoms with E-state index in [1.807, 2.05) is 0 Å². The summed E-state index contributed by atoms with van der Waals surface area (Å²) in [5, 5.41) is 1.85. The first-order valence-electron chi connectivity index (χ1n) is 9.16. The van der Waals surface area contributed by atoms with Gasteiger partial charge < -0.3 is 4.74 Å². The zero-order chi connectivity index (χ0) is 18.4. The van der Waals surface area contributed by atoms with Gasteiger partial charge in [0, 0.05) is 6.42 Å². The van der Waals surface area contributed by atoms with Gasteiger partial charge in [-0.2, -0.15) is 0 Å². The first-order valence-corrected chi connectivity index (χ1v) is 9.97. The third kappa shape index (κ3) is 5.46. The second-order valence-electron chi connectivity index (χ2n) is 6.79. The molecule has 2 aliphatic rings. The average molecular weight is 373 g/mol. The summed E-state index contributed by atoms with van der Waals surface area (Å²) in [5.41, 5.74) is 0.773. The van der Waals surface area contributed by atoms with Crippen molar-refractivity contribution >= 4 is 35.0 Å². The molecule has 1 saturated heterocycles. The lowest BCUT2D eigenvalue weighted by molar-refractivity contribution is -0.134. The molecule has 1 aliphatic heterocycles. The summed E-state index contributed by atoms with van der Waals surface area (Å²) in [6.07, 6.45) is 10.7. The highest BCUT2D eigenvalue weighted by Gasteiger charge is 2.24. The number of ether oxygens (including phenoxy) is 1. The van der Waals surface area contributed by atoms with Crippen LogP contribution in [0.25, 0.3) is 6.08 Å². The Hall–Kier alpha value is -2.08. The van der Waals surface area contributed by atoms with Crippen LogP contribution in [0.15, 0.2) is 29.2 Å². The molecule has 138 valence electrons. The molecule has 1 aromatic rings. The van der Waals surface area contributed by atoms with Crippen molar-refractivity contribution in [3.8, 4) is 5.75 Å². The zero-order valence-electron chi connectivity index (χ0n) is 14.7. The van der Waals surface area contributed by atoms with E-state index in [2.05, 4.69) is 5.32 Å². The van der Waals surface area contributed by atoms with Gasteiger partial charge in [-0.05, 0) is 54.3 Å². The van der Waals surface area contributed by atoms with Crippen molar-refractivity contribution in [3.05, 3.63) is 34.7 Å². The highest BCUT2D eigenvalue weighted by Crippen LogP contribution is 2.28. The van der Waals surface area contributed by atoms with E-state index in [1.54, 1.807) is 30.3 Å². The third-order valence-electron chi connectivity index (χ3n) is 4.77. The van der Waals surface area contributed by atoms with E-state index >= 15 is 0 Å². The lowest BCUT2D eigenvalue weighted by atomic mass is 9.86. The van der Waals surface area contributed by atoms with Crippen LogP contribution in [0, 0.1) is 5.92 Å². The lowest BCUT2D eigenvalue weighted by Crippen LogP contribution is -2.17. The van der Waals surface area contributed by atoms with Gasteiger partial charge in [0.1, 0.15) is 5.75 Å². The number of imide groups is 1. The molecule has 2 amide bonds. The molecule has 1 saturated carbocycles. The maximum Gasteiger partial charge on any atom is 0.311 e. The summed E-state index contributed by atoms with van der Waals surface area (Å²) in [4.78, 5) is 35.0. The number of carbonyl (C=O) groups excluding carboxylic acids is 3. The van der Waals surface area contributed by atoms with Crippen molar-refractivity contribution in [2.45, 2.75) is 51.4 Å². The molecule has 0 spiro atoms. The van der Waals surface area contributed by atoms with Crippen LogP contribution in [-0.2, 0) is 9.59 Å². The SMILES string of the molecule is O=C(CCCC1CCCCC1)Oc1ccc(C=C2SC(=O)NC2=O)cc1. The molecular formula is C20H23NO4S. The number of nitrogens with one attached hydrogen (secondary N) is 1. The van der Waals surface area contributed by atoms with Crippen molar-refractivity contribution in [2.75, 3.05) is 0 Å². The smallest absolute Gasteiger partial charge is 0.311 e. The van der Waals surface area contributed by atoms with Crippen molar-refractivity contribution < 1.29 is 19.1 Å². The van der Waals surface area contributed by atoms with Gasteiger partial charge in [0.25, 0.3) is 11.1 Å². The molecule has 1 heterocycles. The van der Waals surface area contributed by atoms with Gasteiger partial charge in [-0.3, -0.25) is 19.7 Å². The second kappa shape index (κ2) is 9.03. The maximum atomic E-state index is 12.0. The summed E-state index contributed by atoms with van der Waals surface area (Å²) in [6.45, 7) is 0. The van der Waals surface area contributed by atoms with Gasteiger partial charge >= 0.3 is 5.97 Å². The Morgan fingerprint density at radius 1 is 1.15 bits per heavy atom. The lowest BCUT2D eigenvalue weighted by Gasteiger charge is -2.20. The van der Waals surface area contributed by atoms with Crippen LogP contribution in [0.3, 0.4) is 0 Å². The van der Waals surface area contributed by atoms with Gasteiger partial charge in [-0.15, -0.1) is 0 Å². The molecule has 3 rings (SSSR count). The molecule has 0 bridgehead atoms. The van der Waals surface area contributed by atoms with E-state index in [0.29, 0.717) is 17.1 Å². The minimum atomic E-state index is -0.381. The Kier molecular flexibility index (Phi) is 6.50. The van der Waals surface area contributed by atoms with Crippen molar-refractivity contribution in [2.24, 2.45) is 5.92 Å². The highest BCUT2D eigenvalue weighted by molar-refractivity contribution is 8.18. The largest absolute Gasteiger partial charge is 0.427 e. The molecule has 0 radical (unpaired) electrons. The summed E-state index contributed by atoms with van der Waals surface area (Å²) < 4.78 is 5.37. The number of carbonyl (C=O) groups is 3. The van der Waals surface area contributed by atoms with E-state index in [9.17, 15) is 14.4 Å². The molecule has 1 N–H and O–H groups in total. The van der Waals surface area contributed by atoms with E-state index in [4.69, 9.17) is 4.74 Å². The molecule has 0 atom stereocenters. The van der Waals surface area contributed by atoms with E-state index in [0.717, 1.165) is 36.1 Å². The second-order valence-corrected chi connectivity index (χ2v) is 7.81. The topological polar surface area (TPSA) is 72.5 Å². The van der Waals surface area contributed by atoms with Gasteiger partial charge in [-0.1, -0.05) is 44.2 Å². The highest BCUT2D eigenvalue weighted by atomic mass is 32.2. The molecule has 0 aromatic heterocycles. The first-order chi connectivity index (χ1) is 12.6. The van der Waals surface area contributed by atoms with Crippen LogP contribution in [-0.4, -0.2) is 17.1 Å². The number of thioether (sulfide) groups is 1. The van der Waals surface area contributed by atoms with Gasteiger partial charge in [-0.25, -0.2) is 0 Å². The van der Waals surface area contributed by atoms with Crippen molar-refractivity contribution in [1.29, 1.82) is 0 Å². The summed E-state index contributed by atoms with van der Waals surface area (Å²) >= 11 is 0.880. The van der Waals surface area contributed by atoms with Crippen LogP contribution in [0.4, 0.5) is 4.79 Å². The predicted octanol–water partition coefficient (Wildman–Crippen LogP) is 4.67. The maximum absolute atomic E-state index is 12.0. The fraction of sp³-hybridized carbons (Fsp3) is 0.450. The molecule has 1 aliphatic carbocycles. The van der Waals surface area contributed by atoms with Crippen molar-refractivity contribution in [1.82, 2.24) is 5.32 Å². The van der Waals surface area contributed by atoms with Crippen LogP contribution < -0.4 is 10.1 Å². The average Bonchev–Trinajstić information content (AvgIpc) is 2.95. The summed E-state index contributed by atoms with van der Waals surface area (Å²) in [5.74, 6) is 0.688. The fourth-order valence-corrected chi connectivity index (χ4v) is 4.08. The Balaban J connectivity index is 1.44. The predicted molar refractivity (Wildman–Crippen MR) is 102 cm³/mol. The Morgan fingerprint density at radius 3 is 2.54 bits per heavy atom. The van der Waals surface area contributed by atoms with Crippen molar-refractivity contribution in [3.63, 3.8) is 0 Å². The number of hydrogen-bond acceptors (Lipinski definition) is 5. The molecule has 5 nitrogen and oxygen atoms in total. The first kappa shape index (κ1) is 18.7. The minimum absolute atomic E-state index is 0.205. The number of esters is 1. The number of amides is 2. The Morgan fingerprint density at radius 2 is 1.88 bits per heavy atom. The van der Waals surface area contributed by atoms with E-state index in [1.165, 1.54) is 32.1 Å². The summed E-state index contributed by atoms with van der Waals surface area (Å²) in [7, 11) is 0. The quantitative estimate of drug-likeness (QED) is 0.446. The van der Waals surface area contributed by atoms with Crippen LogP contribution in [0.2, 0.25) is 0 Å². The van der Waals surface area contributed by atoms with E-state index < -0.39 is 0 Å². The normalized spacial score (nSPS) is 19.6. The van der Waals surface area contributed by atoms with E-state index in [-0.39, 0.29) is 17.1 Å². The number of rotatable bonds is 6. The molecule has 6 heteroatoms. The standard InChI is InChI=1S/C20H23NO4S/c22-18(8-4-7-14-5-2-1-3-6-14)25-16-11-9-15(10-12-16)13-17-19(23)21-20(24)26-17/h9-14H,1-8H2,(H,21,23,24). The fourth-order valence-electron chi connectivity index (χ4n) is 3.40. The van der Waals surface area contributed by atoms with Gasteiger partial charge in [0.2, 0.25) is 0 Å². The molecule has 2 fully saturated rings. The van der Waals surface area contributed by atoms with Gasteiger partial charge in [0.15, 0.2) is 0 Å². The Bertz CT molecular complexity index is 705. The molecule has 0 unspecified atom stereocenters. The van der Waals surface area contributed by atoms with Crippen LogP contribution >= 0.6 is 11.8 Å². The Labute approximate surface area is 157 Å². The molecule has 1 aromatic carbocycles. The zero-order valence-corrected chi connectivity index (χ0v) is 15.5. The minimum Gasteiger partial charge on any atom is -0.427 e. The third-order valence-corrected chi connectivity index (χ3v) is 5.58. The summed E-state index contributed by atoms with van der Waals surface area (Å²) in [6, 6.07) is 6.91. The monoisotopic (exact) mass is 373 g/mol. The number of benzene rings is 1. The van der Waals surface area contributed by atoms with Gasteiger partial charge in [0.05, 0.1) is 4.91 Å².